The quantitative estimate of drug-likeness (QED) is 0.918. The lowest BCUT2D eigenvalue weighted by atomic mass is 10.1. The van der Waals surface area contributed by atoms with Crippen molar-refractivity contribution in [3.05, 3.63) is 34.6 Å². The number of hydrogen-bond donors (Lipinski definition) is 1. The Morgan fingerprint density at radius 2 is 2.14 bits per heavy atom. The Bertz CT molecular complexity index is 578. The Labute approximate surface area is 132 Å². The summed E-state index contributed by atoms with van der Waals surface area (Å²) in [6, 6.07) is 8.42. The van der Waals surface area contributed by atoms with Crippen LogP contribution in [0, 0.1) is 0 Å². The van der Waals surface area contributed by atoms with Gasteiger partial charge in [0.15, 0.2) is 0 Å². The van der Waals surface area contributed by atoms with Crippen molar-refractivity contribution in [2.24, 2.45) is 0 Å². The summed E-state index contributed by atoms with van der Waals surface area (Å²) in [6.45, 7) is 2.85. The molecule has 2 aromatic rings. The van der Waals surface area contributed by atoms with Crippen LogP contribution in [0.3, 0.4) is 0 Å². The molecule has 0 saturated carbocycles. The number of nitrogens with one attached hydrogen (secondary N) is 1. The van der Waals surface area contributed by atoms with Crippen LogP contribution in [0.2, 0.25) is 0 Å². The fourth-order valence-corrected chi connectivity index (χ4v) is 2.84. The largest absolute Gasteiger partial charge is 0.419 e. The highest BCUT2D eigenvalue weighted by molar-refractivity contribution is 9.10. The Morgan fingerprint density at radius 1 is 1.33 bits per heavy atom. The van der Waals surface area contributed by atoms with Gasteiger partial charge in [-0.3, -0.25) is 4.90 Å². The van der Waals surface area contributed by atoms with Gasteiger partial charge in [-0.05, 0) is 50.7 Å². The fourth-order valence-electron chi connectivity index (χ4n) is 2.58. The van der Waals surface area contributed by atoms with Crippen molar-refractivity contribution < 1.29 is 4.42 Å². The third-order valence-corrected chi connectivity index (χ3v) is 4.37. The van der Waals surface area contributed by atoms with E-state index in [0.29, 0.717) is 24.4 Å². The van der Waals surface area contributed by atoms with Crippen LogP contribution in [-0.4, -0.2) is 41.3 Å². The van der Waals surface area contributed by atoms with E-state index in [2.05, 4.69) is 43.4 Å². The Morgan fingerprint density at radius 3 is 2.86 bits per heavy atom. The van der Waals surface area contributed by atoms with Gasteiger partial charge in [0, 0.05) is 22.6 Å². The summed E-state index contributed by atoms with van der Waals surface area (Å²) in [6.07, 6.45) is 2.44. The van der Waals surface area contributed by atoms with Gasteiger partial charge in [0.05, 0.1) is 6.54 Å². The molecule has 1 fully saturated rings. The summed E-state index contributed by atoms with van der Waals surface area (Å²) in [5.74, 6) is 1.24. The number of hydrogen-bond acceptors (Lipinski definition) is 5. The normalized spacial score (nSPS) is 19.1. The molecule has 112 valence electrons. The van der Waals surface area contributed by atoms with E-state index in [1.54, 1.807) is 0 Å². The molecular weight excluding hydrogens is 332 g/mol. The molecule has 5 nitrogen and oxygen atoms in total. The topological polar surface area (TPSA) is 54.2 Å². The van der Waals surface area contributed by atoms with Crippen LogP contribution in [0.15, 0.2) is 33.2 Å². The minimum Gasteiger partial charge on any atom is -0.419 e. The monoisotopic (exact) mass is 350 g/mol. The second-order valence-corrected chi connectivity index (χ2v) is 6.34. The lowest BCUT2D eigenvalue weighted by molar-refractivity contribution is 0.181. The number of likely N-dealkylation sites (N-methyl/N-ethyl adjacent to an activating group) is 1. The molecule has 2 heterocycles. The van der Waals surface area contributed by atoms with Gasteiger partial charge < -0.3 is 9.73 Å². The highest BCUT2D eigenvalue weighted by atomic mass is 79.9. The van der Waals surface area contributed by atoms with E-state index >= 15 is 0 Å². The molecule has 0 radical (unpaired) electrons. The number of benzene rings is 1. The predicted octanol–water partition coefficient (Wildman–Crippen LogP) is 2.68. The zero-order valence-corrected chi connectivity index (χ0v) is 13.6. The molecule has 1 aromatic carbocycles. The van der Waals surface area contributed by atoms with Crippen molar-refractivity contribution in [2.75, 3.05) is 20.1 Å². The van der Waals surface area contributed by atoms with Gasteiger partial charge in [-0.15, -0.1) is 10.2 Å². The van der Waals surface area contributed by atoms with Gasteiger partial charge in [0.2, 0.25) is 11.8 Å². The Kier molecular flexibility index (Phi) is 4.67. The van der Waals surface area contributed by atoms with Gasteiger partial charge in [-0.25, -0.2) is 0 Å². The van der Waals surface area contributed by atoms with Gasteiger partial charge in [-0.2, -0.15) is 0 Å². The van der Waals surface area contributed by atoms with E-state index < -0.39 is 0 Å². The highest BCUT2D eigenvalue weighted by Gasteiger charge is 2.19. The summed E-state index contributed by atoms with van der Waals surface area (Å²) in [5.41, 5.74) is 0.943. The lowest BCUT2D eigenvalue weighted by Gasteiger charge is -2.30. The molecule has 1 saturated heterocycles. The molecule has 1 aromatic heterocycles. The lowest BCUT2D eigenvalue weighted by Crippen LogP contribution is -2.43. The second-order valence-electron chi connectivity index (χ2n) is 5.42. The van der Waals surface area contributed by atoms with Gasteiger partial charge in [0.1, 0.15) is 0 Å². The number of halogens is 1. The third-order valence-electron chi connectivity index (χ3n) is 3.84. The second kappa shape index (κ2) is 6.68. The highest BCUT2D eigenvalue weighted by Crippen LogP contribution is 2.21. The first kappa shape index (κ1) is 14.7. The van der Waals surface area contributed by atoms with Gasteiger partial charge >= 0.3 is 0 Å². The van der Waals surface area contributed by atoms with Crippen molar-refractivity contribution in [1.82, 2.24) is 20.4 Å². The first-order chi connectivity index (χ1) is 10.2. The molecule has 0 aliphatic carbocycles. The number of rotatable bonds is 4. The zero-order chi connectivity index (χ0) is 14.7. The molecule has 1 N–H and O–H groups in total. The number of aromatic nitrogens is 2. The molecule has 1 aliphatic heterocycles. The minimum atomic E-state index is 0.543. The average molecular weight is 351 g/mol. The van der Waals surface area contributed by atoms with Crippen molar-refractivity contribution >= 4 is 15.9 Å². The van der Waals surface area contributed by atoms with Crippen LogP contribution in [0.1, 0.15) is 18.7 Å². The van der Waals surface area contributed by atoms with E-state index in [9.17, 15) is 0 Å². The van der Waals surface area contributed by atoms with Crippen molar-refractivity contribution in [2.45, 2.75) is 25.4 Å². The SMILES string of the molecule is CN(Cc1nnc(-c2ccc(Br)cc2)o1)C1CCCNC1. The molecule has 0 spiro atoms. The van der Waals surface area contributed by atoms with Crippen molar-refractivity contribution in [3.8, 4) is 11.5 Å². The van der Waals surface area contributed by atoms with Crippen LogP contribution in [0.25, 0.3) is 11.5 Å². The predicted molar refractivity (Wildman–Crippen MR) is 84.8 cm³/mol. The van der Waals surface area contributed by atoms with E-state index in [1.165, 1.54) is 12.8 Å². The summed E-state index contributed by atoms with van der Waals surface area (Å²) >= 11 is 3.42. The van der Waals surface area contributed by atoms with Crippen molar-refractivity contribution in [3.63, 3.8) is 0 Å². The molecule has 1 unspecified atom stereocenters. The summed E-state index contributed by atoms with van der Waals surface area (Å²) in [7, 11) is 2.11. The van der Waals surface area contributed by atoms with E-state index in [4.69, 9.17) is 4.42 Å². The molecule has 21 heavy (non-hydrogen) atoms. The van der Waals surface area contributed by atoms with Crippen LogP contribution >= 0.6 is 15.9 Å². The molecule has 1 atom stereocenters. The van der Waals surface area contributed by atoms with E-state index in [0.717, 1.165) is 23.1 Å². The van der Waals surface area contributed by atoms with Crippen LogP contribution in [0.5, 0.6) is 0 Å². The summed E-state index contributed by atoms with van der Waals surface area (Å²) < 4.78 is 6.81. The molecule has 6 heteroatoms. The molecule has 0 bridgehead atoms. The maximum atomic E-state index is 5.77. The smallest absolute Gasteiger partial charge is 0.247 e. The summed E-state index contributed by atoms with van der Waals surface area (Å²) in [5, 5.41) is 11.7. The van der Waals surface area contributed by atoms with Crippen LogP contribution in [-0.2, 0) is 6.54 Å². The Hall–Kier alpha value is -1.24. The maximum Gasteiger partial charge on any atom is 0.247 e. The van der Waals surface area contributed by atoms with E-state index in [-0.39, 0.29) is 0 Å². The maximum absolute atomic E-state index is 5.77. The van der Waals surface area contributed by atoms with Crippen LogP contribution in [0.4, 0.5) is 0 Å². The van der Waals surface area contributed by atoms with Gasteiger partial charge in [-0.1, -0.05) is 15.9 Å². The first-order valence-corrected chi connectivity index (χ1v) is 8.01. The van der Waals surface area contributed by atoms with Gasteiger partial charge in [0.25, 0.3) is 0 Å². The van der Waals surface area contributed by atoms with Crippen molar-refractivity contribution in [1.29, 1.82) is 0 Å². The first-order valence-electron chi connectivity index (χ1n) is 7.21. The molecule has 1 aliphatic rings. The molecular formula is C15H19BrN4O. The standard InChI is InChI=1S/C15H19BrN4O/c1-20(13-3-2-8-17-9-13)10-14-18-19-15(21-14)11-4-6-12(16)7-5-11/h4-7,13,17H,2-3,8-10H2,1H3. The van der Waals surface area contributed by atoms with Crippen LogP contribution < -0.4 is 5.32 Å². The minimum absolute atomic E-state index is 0.543. The van der Waals surface area contributed by atoms with E-state index in [1.807, 2.05) is 24.3 Å². The number of nitrogens with zero attached hydrogens (tertiary/aromatic N) is 3. The third kappa shape index (κ3) is 3.70. The summed E-state index contributed by atoms with van der Waals surface area (Å²) in [4.78, 5) is 2.28. The Balaban J connectivity index is 1.65. The average Bonchev–Trinajstić information content (AvgIpc) is 2.97. The molecule has 3 rings (SSSR count). The molecule has 0 amide bonds. The fraction of sp³-hybridized carbons (Fsp3) is 0.467. The zero-order valence-electron chi connectivity index (χ0n) is 12.1. The number of piperidine rings is 1.